The van der Waals surface area contributed by atoms with Crippen molar-refractivity contribution in [3.8, 4) is 11.4 Å². The van der Waals surface area contributed by atoms with Crippen LogP contribution in [-0.2, 0) is 7.05 Å². The molecule has 0 bridgehead atoms. The topological polar surface area (TPSA) is 75.9 Å². The summed E-state index contributed by atoms with van der Waals surface area (Å²) in [6.07, 6.45) is 1.37. The second kappa shape index (κ2) is 6.47. The molecular weight excluding hydrogens is 330 g/mol. The number of nitrogens with zero attached hydrogens (tertiary/aromatic N) is 5. The van der Waals surface area contributed by atoms with Gasteiger partial charge in [-0.3, -0.25) is 9.48 Å². The Kier molecular flexibility index (Phi) is 4.51. The van der Waals surface area contributed by atoms with Crippen molar-refractivity contribution >= 4 is 5.91 Å². The van der Waals surface area contributed by atoms with E-state index in [1.54, 1.807) is 4.90 Å². The smallest absolute Gasteiger partial charge is 0.280 e. The van der Waals surface area contributed by atoms with Gasteiger partial charge >= 0.3 is 0 Å². The molecule has 3 heterocycles. The van der Waals surface area contributed by atoms with Crippen LogP contribution in [-0.4, -0.2) is 55.7 Å². The highest BCUT2D eigenvalue weighted by Gasteiger charge is 2.29. The quantitative estimate of drug-likeness (QED) is 0.911. The Morgan fingerprint density at radius 2 is 1.96 bits per heavy atom. The van der Waals surface area contributed by atoms with Gasteiger partial charge < -0.3 is 10.2 Å². The highest BCUT2D eigenvalue weighted by atomic mass is 19.3. The molecule has 1 saturated heterocycles. The monoisotopic (exact) mass is 350 g/mol. The number of hydrogen-bond donors (Lipinski definition) is 1. The van der Waals surface area contributed by atoms with E-state index in [0.717, 1.165) is 4.68 Å². The maximum atomic E-state index is 13.1. The van der Waals surface area contributed by atoms with Gasteiger partial charge in [0.05, 0.1) is 17.3 Å². The van der Waals surface area contributed by atoms with Crippen molar-refractivity contribution < 1.29 is 13.6 Å². The Morgan fingerprint density at radius 3 is 2.56 bits per heavy atom. The minimum absolute atomic E-state index is 0.126. The number of amides is 1. The second-order valence-corrected chi connectivity index (χ2v) is 6.70. The van der Waals surface area contributed by atoms with Crippen LogP contribution in [0, 0.1) is 0 Å². The zero-order valence-electron chi connectivity index (χ0n) is 14.3. The summed E-state index contributed by atoms with van der Waals surface area (Å²) in [4.78, 5) is 22.5. The summed E-state index contributed by atoms with van der Waals surface area (Å²) >= 11 is 0. The van der Waals surface area contributed by atoms with E-state index in [9.17, 15) is 13.6 Å². The lowest BCUT2D eigenvalue weighted by atomic mass is 10.0. The van der Waals surface area contributed by atoms with E-state index in [1.165, 1.54) is 25.6 Å². The molecule has 0 radical (unpaired) electrons. The summed E-state index contributed by atoms with van der Waals surface area (Å²) in [5, 5.41) is 7.17. The number of hydrogen-bond acceptors (Lipinski definition) is 5. The number of nitrogens with one attached hydrogen (secondary N) is 1. The zero-order valence-corrected chi connectivity index (χ0v) is 14.3. The molecule has 0 aliphatic carbocycles. The molecule has 0 saturated carbocycles. The summed E-state index contributed by atoms with van der Waals surface area (Å²) in [5.41, 5.74) is 0.100. The predicted molar refractivity (Wildman–Crippen MR) is 87.2 cm³/mol. The SMILES string of the molecule is Cn1ncc(-c2ncc(C(=O)N3CCNC(C)(C)C3)cn2)c1C(F)F. The maximum Gasteiger partial charge on any atom is 0.280 e. The molecule has 0 spiro atoms. The van der Waals surface area contributed by atoms with Crippen molar-refractivity contribution in [1.29, 1.82) is 0 Å². The van der Waals surface area contributed by atoms with Gasteiger partial charge in [0, 0.05) is 44.6 Å². The number of carbonyl (C=O) groups excluding carboxylic acids is 1. The maximum absolute atomic E-state index is 13.1. The van der Waals surface area contributed by atoms with Crippen LogP contribution in [0.25, 0.3) is 11.4 Å². The molecule has 0 unspecified atom stereocenters. The average Bonchev–Trinajstić information content (AvgIpc) is 2.95. The first-order valence-corrected chi connectivity index (χ1v) is 7.95. The Morgan fingerprint density at radius 1 is 1.28 bits per heavy atom. The van der Waals surface area contributed by atoms with E-state index in [-0.39, 0.29) is 28.5 Å². The van der Waals surface area contributed by atoms with Crippen LogP contribution >= 0.6 is 0 Å². The molecule has 1 aliphatic heterocycles. The van der Waals surface area contributed by atoms with E-state index in [4.69, 9.17) is 0 Å². The van der Waals surface area contributed by atoms with Crippen molar-refractivity contribution in [2.75, 3.05) is 19.6 Å². The molecule has 3 rings (SSSR count). The largest absolute Gasteiger partial charge is 0.335 e. The summed E-state index contributed by atoms with van der Waals surface area (Å²) < 4.78 is 27.4. The molecule has 1 amide bonds. The molecule has 25 heavy (non-hydrogen) atoms. The van der Waals surface area contributed by atoms with E-state index in [1.807, 2.05) is 13.8 Å². The Bertz CT molecular complexity index is 771. The third kappa shape index (κ3) is 3.51. The van der Waals surface area contributed by atoms with Crippen molar-refractivity contribution in [1.82, 2.24) is 30.0 Å². The first-order valence-electron chi connectivity index (χ1n) is 7.95. The number of aromatic nitrogens is 4. The molecule has 2 aromatic rings. The lowest BCUT2D eigenvalue weighted by molar-refractivity contribution is 0.0651. The van der Waals surface area contributed by atoms with Crippen LogP contribution in [0.1, 0.15) is 36.3 Å². The third-order valence-electron chi connectivity index (χ3n) is 4.19. The fourth-order valence-electron chi connectivity index (χ4n) is 2.95. The molecule has 0 atom stereocenters. The van der Waals surface area contributed by atoms with Crippen LogP contribution in [0.2, 0.25) is 0 Å². The fourth-order valence-corrected chi connectivity index (χ4v) is 2.95. The number of halogens is 2. The Hall–Kier alpha value is -2.42. The molecule has 7 nitrogen and oxygen atoms in total. The van der Waals surface area contributed by atoms with Crippen LogP contribution in [0.3, 0.4) is 0 Å². The summed E-state index contributed by atoms with van der Waals surface area (Å²) in [6.45, 7) is 5.94. The molecule has 1 N–H and O–H groups in total. The van der Waals surface area contributed by atoms with Crippen LogP contribution in [0.4, 0.5) is 8.78 Å². The van der Waals surface area contributed by atoms with E-state index >= 15 is 0 Å². The molecule has 0 aromatic carbocycles. The summed E-state index contributed by atoms with van der Waals surface area (Å²) in [5.74, 6) is -0.0398. The first-order chi connectivity index (χ1) is 11.8. The summed E-state index contributed by atoms with van der Waals surface area (Å²) in [6, 6.07) is 0. The molecule has 2 aromatic heterocycles. The minimum atomic E-state index is -2.68. The molecule has 134 valence electrons. The number of piperazine rings is 1. The number of alkyl halides is 2. The molecular formula is C16H20F2N6O. The zero-order chi connectivity index (χ0) is 18.2. The standard InChI is InChI=1S/C16H20F2N6O/c1-16(2)9-24(5-4-21-16)15(25)10-6-19-14(20-7-10)11-8-22-23(3)12(11)13(17)18/h6-8,13,21H,4-5,9H2,1-3H3. The Balaban J connectivity index is 1.82. The van der Waals surface area contributed by atoms with Gasteiger partial charge in [0.1, 0.15) is 5.69 Å². The highest BCUT2D eigenvalue weighted by Crippen LogP contribution is 2.28. The van der Waals surface area contributed by atoms with Gasteiger partial charge in [0.2, 0.25) is 0 Å². The van der Waals surface area contributed by atoms with Gasteiger partial charge in [-0.05, 0) is 13.8 Å². The second-order valence-electron chi connectivity index (χ2n) is 6.70. The van der Waals surface area contributed by atoms with Crippen molar-refractivity contribution in [2.45, 2.75) is 25.8 Å². The molecule has 9 heteroatoms. The highest BCUT2D eigenvalue weighted by molar-refractivity contribution is 5.94. The number of carbonyl (C=O) groups is 1. The normalized spacial score (nSPS) is 17.1. The molecule has 1 fully saturated rings. The average molecular weight is 350 g/mol. The predicted octanol–water partition coefficient (Wildman–Crippen LogP) is 1.64. The van der Waals surface area contributed by atoms with Crippen molar-refractivity contribution in [3.05, 3.63) is 29.8 Å². The van der Waals surface area contributed by atoms with E-state index < -0.39 is 6.43 Å². The van der Waals surface area contributed by atoms with Gasteiger partial charge in [-0.1, -0.05) is 0 Å². The van der Waals surface area contributed by atoms with E-state index in [0.29, 0.717) is 25.2 Å². The fraction of sp³-hybridized carbons (Fsp3) is 0.500. The van der Waals surface area contributed by atoms with Crippen LogP contribution in [0.5, 0.6) is 0 Å². The van der Waals surface area contributed by atoms with Crippen LogP contribution in [0.15, 0.2) is 18.6 Å². The third-order valence-corrected chi connectivity index (χ3v) is 4.19. The lowest BCUT2D eigenvalue weighted by Crippen LogP contribution is -2.58. The molecule has 1 aliphatic rings. The number of aryl methyl sites for hydroxylation is 1. The van der Waals surface area contributed by atoms with Gasteiger partial charge in [0.25, 0.3) is 12.3 Å². The number of rotatable bonds is 3. The van der Waals surface area contributed by atoms with Gasteiger partial charge in [-0.25, -0.2) is 18.7 Å². The summed E-state index contributed by atoms with van der Waals surface area (Å²) in [7, 11) is 1.44. The lowest BCUT2D eigenvalue weighted by Gasteiger charge is -2.39. The van der Waals surface area contributed by atoms with Crippen LogP contribution < -0.4 is 5.32 Å². The van der Waals surface area contributed by atoms with Crippen molar-refractivity contribution in [3.63, 3.8) is 0 Å². The Labute approximate surface area is 144 Å². The van der Waals surface area contributed by atoms with Crippen molar-refractivity contribution in [2.24, 2.45) is 7.05 Å². The van der Waals surface area contributed by atoms with Gasteiger partial charge in [0.15, 0.2) is 5.82 Å². The van der Waals surface area contributed by atoms with Gasteiger partial charge in [-0.15, -0.1) is 0 Å². The first kappa shape index (κ1) is 17.4. The van der Waals surface area contributed by atoms with E-state index in [2.05, 4.69) is 20.4 Å². The van der Waals surface area contributed by atoms with Gasteiger partial charge in [-0.2, -0.15) is 5.10 Å². The minimum Gasteiger partial charge on any atom is -0.335 e.